The second-order valence-corrected chi connectivity index (χ2v) is 6.26. The monoisotopic (exact) mass is 334 g/mol. The number of hydrogen-bond acceptors (Lipinski definition) is 4. The number of nitriles is 1. The summed E-state index contributed by atoms with van der Waals surface area (Å²) in [6, 6.07) is 14.8. The van der Waals surface area contributed by atoms with Gasteiger partial charge in [0.15, 0.2) is 0 Å². The van der Waals surface area contributed by atoms with Gasteiger partial charge in [-0.2, -0.15) is 5.26 Å². The number of carbonyl (C=O) groups is 1. The summed E-state index contributed by atoms with van der Waals surface area (Å²) in [5.41, 5.74) is 4.11. The minimum atomic E-state index is -0.195. The van der Waals surface area contributed by atoms with Crippen LogP contribution in [-0.4, -0.2) is 37.0 Å². The van der Waals surface area contributed by atoms with Crippen LogP contribution in [0.15, 0.2) is 42.5 Å². The summed E-state index contributed by atoms with van der Waals surface area (Å²) in [5, 5.41) is 15.3. The molecule has 3 rings (SSSR count). The fourth-order valence-electron chi connectivity index (χ4n) is 3.02. The molecule has 0 saturated carbocycles. The van der Waals surface area contributed by atoms with Crippen LogP contribution < -0.4 is 10.6 Å². The normalized spacial score (nSPS) is 14.7. The standard InChI is InChI=1S/C20H22N4O/c1-15-18(14-24-10-8-22-9-11-24)6-3-7-19(15)23-20(25)17-5-2-4-16(12-17)13-21/h2-7,12,22H,8-11,14H2,1H3,(H,23,25). The first kappa shape index (κ1) is 17.2. The predicted octanol–water partition coefficient (Wildman–Crippen LogP) is 2.52. The lowest BCUT2D eigenvalue weighted by Crippen LogP contribution is -2.43. The first-order valence-electron chi connectivity index (χ1n) is 8.50. The maximum absolute atomic E-state index is 12.5. The lowest BCUT2D eigenvalue weighted by Gasteiger charge is -2.28. The third-order valence-corrected chi connectivity index (χ3v) is 4.55. The van der Waals surface area contributed by atoms with Crippen molar-refractivity contribution in [2.24, 2.45) is 0 Å². The highest BCUT2D eigenvalue weighted by atomic mass is 16.1. The summed E-state index contributed by atoms with van der Waals surface area (Å²) in [7, 11) is 0. The summed E-state index contributed by atoms with van der Waals surface area (Å²) >= 11 is 0. The number of carbonyl (C=O) groups excluding carboxylic acids is 1. The van der Waals surface area contributed by atoms with Crippen LogP contribution in [0.1, 0.15) is 27.0 Å². The van der Waals surface area contributed by atoms with Gasteiger partial charge in [0.2, 0.25) is 0 Å². The molecule has 5 nitrogen and oxygen atoms in total. The highest BCUT2D eigenvalue weighted by Crippen LogP contribution is 2.21. The Bertz CT molecular complexity index is 804. The average molecular weight is 334 g/mol. The molecule has 2 N–H and O–H groups in total. The van der Waals surface area contributed by atoms with Crippen molar-refractivity contribution < 1.29 is 4.79 Å². The van der Waals surface area contributed by atoms with Gasteiger partial charge in [-0.05, 0) is 42.3 Å². The van der Waals surface area contributed by atoms with E-state index in [0.717, 1.165) is 44.0 Å². The van der Waals surface area contributed by atoms with Crippen LogP contribution in [0.3, 0.4) is 0 Å². The van der Waals surface area contributed by atoms with Crippen LogP contribution in [0.4, 0.5) is 5.69 Å². The zero-order valence-corrected chi connectivity index (χ0v) is 14.4. The van der Waals surface area contributed by atoms with Crippen molar-refractivity contribution in [2.45, 2.75) is 13.5 Å². The molecule has 5 heteroatoms. The lowest BCUT2D eigenvalue weighted by atomic mass is 10.0. The largest absolute Gasteiger partial charge is 0.322 e. The summed E-state index contributed by atoms with van der Waals surface area (Å²) in [6.07, 6.45) is 0. The zero-order valence-electron chi connectivity index (χ0n) is 14.4. The van der Waals surface area contributed by atoms with Gasteiger partial charge >= 0.3 is 0 Å². The molecule has 1 heterocycles. The zero-order chi connectivity index (χ0) is 17.6. The number of rotatable bonds is 4. The van der Waals surface area contributed by atoms with E-state index in [4.69, 9.17) is 5.26 Å². The van der Waals surface area contributed by atoms with Gasteiger partial charge in [0, 0.05) is 44.0 Å². The minimum absolute atomic E-state index is 0.195. The second kappa shape index (κ2) is 7.93. The molecule has 0 unspecified atom stereocenters. The number of amides is 1. The first-order valence-corrected chi connectivity index (χ1v) is 8.50. The van der Waals surface area contributed by atoms with Crippen molar-refractivity contribution in [3.8, 4) is 6.07 Å². The van der Waals surface area contributed by atoms with Gasteiger partial charge < -0.3 is 10.6 Å². The van der Waals surface area contributed by atoms with E-state index < -0.39 is 0 Å². The second-order valence-electron chi connectivity index (χ2n) is 6.26. The van der Waals surface area contributed by atoms with Crippen LogP contribution in [0.25, 0.3) is 0 Å². The van der Waals surface area contributed by atoms with Gasteiger partial charge in [-0.1, -0.05) is 18.2 Å². The molecule has 0 bridgehead atoms. The molecule has 2 aromatic rings. The Morgan fingerprint density at radius 1 is 1.24 bits per heavy atom. The van der Waals surface area contributed by atoms with E-state index in [1.165, 1.54) is 5.56 Å². The Morgan fingerprint density at radius 3 is 2.76 bits per heavy atom. The van der Waals surface area contributed by atoms with Gasteiger partial charge in [0.05, 0.1) is 11.6 Å². The fourth-order valence-corrected chi connectivity index (χ4v) is 3.02. The topological polar surface area (TPSA) is 68.2 Å². The molecule has 0 aromatic heterocycles. The summed E-state index contributed by atoms with van der Waals surface area (Å²) < 4.78 is 0. The number of piperazine rings is 1. The summed E-state index contributed by atoms with van der Waals surface area (Å²) in [6.45, 7) is 7.04. The number of anilines is 1. The van der Waals surface area contributed by atoms with E-state index in [1.807, 2.05) is 19.1 Å². The molecular weight excluding hydrogens is 312 g/mol. The molecular formula is C20H22N4O. The molecule has 1 aliphatic rings. The number of nitrogens with zero attached hydrogens (tertiary/aromatic N) is 2. The Labute approximate surface area is 148 Å². The maximum Gasteiger partial charge on any atom is 0.255 e. The molecule has 0 aliphatic carbocycles. The van der Waals surface area contributed by atoms with Gasteiger partial charge in [0.25, 0.3) is 5.91 Å². The fraction of sp³-hybridized carbons (Fsp3) is 0.300. The molecule has 1 saturated heterocycles. The quantitative estimate of drug-likeness (QED) is 0.901. The van der Waals surface area contributed by atoms with Crippen LogP contribution in [0.5, 0.6) is 0 Å². The molecule has 0 spiro atoms. The van der Waals surface area contributed by atoms with E-state index in [-0.39, 0.29) is 5.91 Å². The van der Waals surface area contributed by atoms with E-state index in [2.05, 4.69) is 27.7 Å². The Hall–Kier alpha value is -2.68. The number of hydrogen-bond donors (Lipinski definition) is 2. The summed E-state index contributed by atoms with van der Waals surface area (Å²) in [4.78, 5) is 14.9. The van der Waals surface area contributed by atoms with E-state index in [9.17, 15) is 4.79 Å². The average Bonchev–Trinajstić information content (AvgIpc) is 2.66. The molecule has 0 radical (unpaired) electrons. The number of nitrogens with one attached hydrogen (secondary N) is 2. The van der Waals surface area contributed by atoms with E-state index in [1.54, 1.807) is 24.3 Å². The van der Waals surface area contributed by atoms with Crippen molar-refractivity contribution >= 4 is 11.6 Å². The van der Waals surface area contributed by atoms with Gasteiger partial charge in [-0.25, -0.2) is 0 Å². The molecule has 1 amide bonds. The predicted molar refractivity (Wildman–Crippen MR) is 98.4 cm³/mol. The van der Waals surface area contributed by atoms with E-state index >= 15 is 0 Å². The molecule has 1 aliphatic heterocycles. The molecule has 1 fully saturated rings. The first-order chi connectivity index (χ1) is 12.2. The van der Waals surface area contributed by atoms with E-state index in [0.29, 0.717) is 11.1 Å². The van der Waals surface area contributed by atoms with Gasteiger partial charge in [-0.15, -0.1) is 0 Å². The van der Waals surface area contributed by atoms with Crippen molar-refractivity contribution in [1.82, 2.24) is 10.2 Å². The number of benzene rings is 2. The Balaban J connectivity index is 1.75. The molecule has 0 atom stereocenters. The third-order valence-electron chi connectivity index (χ3n) is 4.55. The lowest BCUT2D eigenvalue weighted by molar-refractivity contribution is 0.102. The Kier molecular flexibility index (Phi) is 5.44. The minimum Gasteiger partial charge on any atom is -0.322 e. The molecule has 25 heavy (non-hydrogen) atoms. The SMILES string of the molecule is Cc1c(CN2CCNCC2)cccc1NC(=O)c1cccc(C#N)c1. The van der Waals surface area contributed by atoms with Gasteiger partial charge in [0.1, 0.15) is 0 Å². The molecule has 128 valence electrons. The van der Waals surface area contributed by atoms with Crippen molar-refractivity contribution in [3.63, 3.8) is 0 Å². The molecule has 2 aromatic carbocycles. The van der Waals surface area contributed by atoms with Crippen LogP contribution in [-0.2, 0) is 6.54 Å². The van der Waals surface area contributed by atoms with Crippen molar-refractivity contribution in [1.29, 1.82) is 5.26 Å². The Morgan fingerprint density at radius 2 is 2.00 bits per heavy atom. The van der Waals surface area contributed by atoms with Crippen molar-refractivity contribution in [2.75, 3.05) is 31.5 Å². The summed E-state index contributed by atoms with van der Waals surface area (Å²) in [5.74, 6) is -0.195. The highest BCUT2D eigenvalue weighted by molar-refractivity contribution is 6.04. The van der Waals surface area contributed by atoms with Crippen LogP contribution in [0, 0.1) is 18.3 Å². The van der Waals surface area contributed by atoms with Crippen LogP contribution in [0.2, 0.25) is 0 Å². The van der Waals surface area contributed by atoms with Gasteiger partial charge in [-0.3, -0.25) is 9.69 Å². The third kappa shape index (κ3) is 4.24. The smallest absolute Gasteiger partial charge is 0.255 e. The van der Waals surface area contributed by atoms with Crippen LogP contribution >= 0.6 is 0 Å². The maximum atomic E-state index is 12.5. The van der Waals surface area contributed by atoms with Crippen molar-refractivity contribution in [3.05, 3.63) is 64.7 Å². The highest BCUT2D eigenvalue weighted by Gasteiger charge is 2.14.